The Bertz CT molecular complexity index is 405. The molecule has 0 radical (unpaired) electrons. The van der Waals surface area contributed by atoms with E-state index in [0.29, 0.717) is 22.8 Å². The van der Waals surface area contributed by atoms with Crippen LogP contribution in [0, 0.1) is 6.92 Å². The lowest BCUT2D eigenvalue weighted by Gasteiger charge is -2.11. The number of benzene rings is 1. The average Bonchev–Trinajstić information content (AvgIpc) is 2.28. The number of hydrogen-bond donors (Lipinski definition) is 1. The van der Waals surface area contributed by atoms with Gasteiger partial charge in [0, 0.05) is 11.4 Å². The number of aryl methyl sites for hydroxylation is 1. The molecule has 0 aliphatic heterocycles. The molecule has 0 amide bonds. The Morgan fingerprint density at radius 1 is 1.47 bits per heavy atom. The van der Waals surface area contributed by atoms with Crippen molar-refractivity contribution in [3.05, 3.63) is 28.3 Å². The summed E-state index contributed by atoms with van der Waals surface area (Å²) in [6.07, 6.45) is 1.31. The van der Waals surface area contributed by atoms with E-state index in [1.54, 1.807) is 19.2 Å². The smallest absolute Gasteiger partial charge is 0.166 e. The Balaban J connectivity index is 2.91. The van der Waals surface area contributed by atoms with Crippen LogP contribution >= 0.6 is 11.6 Å². The first kappa shape index (κ1) is 14.0. The lowest BCUT2D eigenvalue weighted by molar-refractivity contribution is 0.0977. The third kappa shape index (κ3) is 3.72. The lowest BCUT2D eigenvalue weighted by Crippen LogP contribution is -2.11. The molecule has 1 N–H and O–H groups in total. The molecule has 0 aliphatic carbocycles. The average molecular weight is 256 g/mol. The van der Waals surface area contributed by atoms with Crippen molar-refractivity contribution >= 4 is 17.4 Å². The van der Waals surface area contributed by atoms with Crippen LogP contribution in [0.4, 0.5) is 0 Å². The maximum absolute atomic E-state index is 12.0. The first-order valence-corrected chi connectivity index (χ1v) is 6.00. The molecule has 0 aliphatic rings. The van der Waals surface area contributed by atoms with Gasteiger partial charge in [-0.15, -0.1) is 0 Å². The number of ether oxygens (including phenoxy) is 1. The van der Waals surface area contributed by atoms with Crippen molar-refractivity contribution in [3.63, 3.8) is 0 Å². The van der Waals surface area contributed by atoms with Crippen molar-refractivity contribution in [2.24, 2.45) is 0 Å². The van der Waals surface area contributed by atoms with Gasteiger partial charge in [-0.05, 0) is 44.6 Å². The monoisotopic (exact) mass is 255 g/mol. The minimum Gasteiger partial charge on any atom is -0.496 e. The van der Waals surface area contributed by atoms with Crippen LogP contribution in [0.5, 0.6) is 5.75 Å². The highest BCUT2D eigenvalue weighted by molar-refractivity contribution is 6.31. The van der Waals surface area contributed by atoms with Crippen LogP contribution in [0.15, 0.2) is 12.1 Å². The van der Waals surface area contributed by atoms with Crippen molar-refractivity contribution in [3.8, 4) is 5.75 Å². The standard InChI is InChI=1S/C13H18ClNO2/c1-9-7-10(14)8-11(13(9)17-3)12(16)5-4-6-15-2/h7-8,15H,4-6H2,1-3H3. The van der Waals surface area contributed by atoms with Gasteiger partial charge in [0.1, 0.15) is 5.75 Å². The molecular formula is C13H18ClNO2. The molecule has 0 heterocycles. The molecule has 0 fully saturated rings. The van der Waals surface area contributed by atoms with E-state index in [2.05, 4.69) is 5.32 Å². The van der Waals surface area contributed by atoms with E-state index in [1.165, 1.54) is 0 Å². The number of halogens is 1. The highest BCUT2D eigenvalue weighted by Crippen LogP contribution is 2.28. The number of carbonyl (C=O) groups excluding carboxylic acids is 1. The van der Waals surface area contributed by atoms with E-state index in [1.807, 2.05) is 14.0 Å². The van der Waals surface area contributed by atoms with Crippen LogP contribution in [0.2, 0.25) is 5.02 Å². The van der Waals surface area contributed by atoms with E-state index >= 15 is 0 Å². The molecule has 1 aromatic rings. The van der Waals surface area contributed by atoms with Crippen LogP contribution in [0.25, 0.3) is 0 Å². The largest absolute Gasteiger partial charge is 0.496 e. The van der Waals surface area contributed by atoms with Gasteiger partial charge in [-0.25, -0.2) is 0 Å². The molecular weight excluding hydrogens is 238 g/mol. The molecule has 1 aromatic carbocycles. The minimum atomic E-state index is 0.0719. The molecule has 3 nitrogen and oxygen atoms in total. The molecule has 0 saturated heterocycles. The lowest BCUT2D eigenvalue weighted by atomic mass is 10.0. The number of Topliss-reactive ketones (excluding diaryl/α,β-unsaturated/α-hetero) is 1. The fourth-order valence-corrected chi connectivity index (χ4v) is 2.04. The second-order valence-electron chi connectivity index (χ2n) is 3.93. The second kappa shape index (κ2) is 6.62. The molecule has 0 unspecified atom stereocenters. The molecule has 0 aromatic heterocycles. The minimum absolute atomic E-state index is 0.0719. The van der Waals surface area contributed by atoms with Gasteiger partial charge in [-0.1, -0.05) is 11.6 Å². The summed E-state index contributed by atoms with van der Waals surface area (Å²) in [5.74, 6) is 0.701. The van der Waals surface area contributed by atoms with E-state index < -0.39 is 0 Å². The van der Waals surface area contributed by atoms with E-state index in [0.717, 1.165) is 18.5 Å². The molecule has 0 atom stereocenters. The Hall–Kier alpha value is -1.06. The molecule has 0 spiro atoms. The van der Waals surface area contributed by atoms with Crippen molar-refractivity contribution in [1.29, 1.82) is 0 Å². The van der Waals surface area contributed by atoms with Gasteiger partial charge in [-0.2, -0.15) is 0 Å². The summed E-state index contributed by atoms with van der Waals surface area (Å²) in [6.45, 7) is 2.71. The van der Waals surface area contributed by atoms with Crippen molar-refractivity contribution in [2.75, 3.05) is 20.7 Å². The topological polar surface area (TPSA) is 38.3 Å². The Labute approximate surface area is 107 Å². The van der Waals surface area contributed by atoms with Crippen LogP contribution in [0.1, 0.15) is 28.8 Å². The number of nitrogens with one attached hydrogen (secondary N) is 1. The first-order chi connectivity index (χ1) is 8.10. The highest BCUT2D eigenvalue weighted by atomic mass is 35.5. The van der Waals surface area contributed by atoms with E-state index in [9.17, 15) is 4.79 Å². The number of methoxy groups -OCH3 is 1. The van der Waals surface area contributed by atoms with Gasteiger partial charge in [0.2, 0.25) is 0 Å². The summed E-state index contributed by atoms with van der Waals surface area (Å²) in [6, 6.07) is 3.47. The fourth-order valence-electron chi connectivity index (χ4n) is 1.77. The van der Waals surface area contributed by atoms with E-state index in [4.69, 9.17) is 16.3 Å². The third-order valence-electron chi connectivity index (χ3n) is 2.57. The third-order valence-corrected chi connectivity index (χ3v) is 2.79. The van der Waals surface area contributed by atoms with Crippen LogP contribution in [-0.4, -0.2) is 26.5 Å². The van der Waals surface area contributed by atoms with Gasteiger partial charge < -0.3 is 10.1 Å². The number of rotatable bonds is 6. The predicted octanol–water partition coefficient (Wildman–Crippen LogP) is 2.84. The van der Waals surface area contributed by atoms with Gasteiger partial charge in [0.25, 0.3) is 0 Å². The number of carbonyl (C=O) groups is 1. The molecule has 17 heavy (non-hydrogen) atoms. The van der Waals surface area contributed by atoms with Crippen molar-refractivity contribution < 1.29 is 9.53 Å². The summed E-state index contributed by atoms with van der Waals surface area (Å²) >= 11 is 5.96. The molecule has 4 heteroatoms. The quantitative estimate of drug-likeness (QED) is 0.628. The summed E-state index contributed by atoms with van der Waals surface area (Å²) in [7, 11) is 3.44. The maximum Gasteiger partial charge on any atom is 0.166 e. The highest BCUT2D eigenvalue weighted by Gasteiger charge is 2.15. The SMILES string of the molecule is CNCCCC(=O)c1cc(Cl)cc(C)c1OC. The molecule has 1 rings (SSSR count). The van der Waals surface area contributed by atoms with Gasteiger partial charge >= 0.3 is 0 Å². The predicted molar refractivity (Wildman–Crippen MR) is 70.2 cm³/mol. The molecule has 94 valence electrons. The van der Waals surface area contributed by atoms with Crippen molar-refractivity contribution in [1.82, 2.24) is 5.32 Å². The summed E-state index contributed by atoms with van der Waals surface area (Å²) in [5, 5.41) is 3.59. The van der Waals surface area contributed by atoms with Gasteiger partial charge in [-0.3, -0.25) is 4.79 Å². The van der Waals surface area contributed by atoms with Gasteiger partial charge in [0.05, 0.1) is 12.7 Å². The maximum atomic E-state index is 12.0. The van der Waals surface area contributed by atoms with Crippen LogP contribution in [0.3, 0.4) is 0 Å². The molecule has 0 saturated carbocycles. The zero-order valence-electron chi connectivity index (χ0n) is 10.5. The Kier molecular flexibility index (Phi) is 5.45. The zero-order valence-corrected chi connectivity index (χ0v) is 11.2. The first-order valence-electron chi connectivity index (χ1n) is 5.62. The van der Waals surface area contributed by atoms with Crippen molar-refractivity contribution in [2.45, 2.75) is 19.8 Å². The van der Waals surface area contributed by atoms with Crippen LogP contribution in [-0.2, 0) is 0 Å². The number of hydrogen-bond acceptors (Lipinski definition) is 3. The number of ketones is 1. The normalized spacial score (nSPS) is 10.4. The van der Waals surface area contributed by atoms with E-state index in [-0.39, 0.29) is 5.78 Å². The summed E-state index contributed by atoms with van der Waals surface area (Å²) < 4.78 is 5.26. The van der Waals surface area contributed by atoms with Gasteiger partial charge in [0.15, 0.2) is 5.78 Å². The summed E-state index contributed by atoms with van der Waals surface area (Å²) in [4.78, 5) is 12.0. The molecule has 0 bridgehead atoms. The Morgan fingerprint density at radius 3 is 2.76 bits per heavy atom. The fraction of sp³-hybridized carbons (Fsp3) is 0.462. The summed E-state index contributed by atoms with van der Waals surface area (Å²) in [5.41, 5.74) is 1.46. The second-order valence-corrected chi connectivity index (χ2v) is 4.37. The zero-order chi connectivity index (χ0) is 12.8. The Morgan fingerprint density at radius 2 is 2.18 bits per heavy atom. The van der Waals surface area contributed by atoms with Crippen LogP contribution < -0.4 is 10.1 Å².